The molecule has 0 aromatic heterocycles. The average molecular weight is 421 g/mol. The summed E-state index contributed by atoms with van der Waals surface area (Å²) in [4.78, 5) is 22.2. The number of hydrogen-bond donors (Lipinski definition) is 1. The van der Waals surface area contributed by atoms with E-state index in [0.29, 0.717) is 22.4 Å². The molecule has 0 aliphatic rings. The van der Waals surface area contributed by atoms with Crippen LogP contribution in [0.2, 0.25) is 0 Å². The molecule has 0 aliphatic carbocycles. The third-order valence-electron chi connectivity index (χ3n) is 4.22. The van der Waals surface area contributed by atoms with Gasteiger partial charge in [-0.1, -0.05) is 34.6 Å². The van der Waals surface area contributed by atoms with Gasteiger partial charge in [-0.25, -0.2) is 0 Å². The molecular weight excluding hydrogens is 399 g/mol. The smallest absolute Gasteiger partial charge is 0.398 e. The predicted octanol–water partition coefficient (Wildman–Crippen LogP) is 4.05. The predicted molar refractivity (Wildman–Crippen MR) is 107 cm³/mol. The summed E-state index contributed by atoms with van der Waals surface area (Å²) in [6.45, 7) is 3.44. The normalized spacial score (nSPS) is 12.5. The Morgan fingerprint density at radius 1 is 1.13 bits per heavy atom. The van der Waals surface area contributed by atoms with Crippen molar-refractivity contribution in [2.24, 2.45) is 10.3 Å². The zero-order chi connectivity index (χ0) is 22.3. The molecule has 0 atom stereocenters. The van der Waals surface area contributed by atoms with Gasteiger partial charge in [0.05, 0.1) is 11.3 Å². The molecule has 0 heterocycles. The van der Waals surface area contributed by atoms with Gasteiger partial charge in [0.25, 0.3) is 5.91 Å². The monoisotopic (exact) mass is 421 g/mol. The van der Waals surface area contributed by atoms with Crippen LogP contribution < -0.4 is 5.32 Å². The Hall–Kier alpha value is -3.36. The number of alkyl halides is 3. The zero-order valence-corrected chi connectivity index (χ0v) is 17.0. The molecule has 0 bridgehead atoms. The molecular formula is C21H22F3N3O3. The Morgan fingerprint density at radius 2 is 1.87 bits per heavy atom. The number of aryl methyl sites for hydroxylation is 1. The molecule has 0 fully saturated rings. The summed E-state index contributed by atoms with van der Waals surface area (Å²) in [5.74, 6) is -0.406. The second-order valence-electron chi connectivity index (χ2n) is 6.38. The molecule has 2 aromatic carbocycles. The highest BCUT2D eigenvalue weighted by Crippen LogP contribution is 2.29. The number of nitrogens with one attached hydrogen (secondary N) is 1. The Kier molecular flexibility index (Phi) is 7.57. The minimum atomic E-state index is -4.43. The fourth-order valence-corrected chi connectivity index (χ4v) is 2.61. The first-order chi connectivity index (χ1) is 14.2. The standard InChI is InChI=1S/C21H22F3N3O3/c1-13-8-9-15(10-18(13)19(27-29-4)20(28)25-3)12-30-26-14(2)16-6-5-7-17(11-16)21(22,23)24/h5-11H,12H2,1-4H3,(H,25,28)/b26-14+,27-19+. The van der Waals surface area contributed by atoms with Crippen LogP contribution in [-0.4, -0.2) is 31.5 Å². The Morgan fingerprint density at radius 3 is 2.50 bits per heavy atom. The van der Waals surface area contributed by atoms with Crippen LogP contribution in [0.5, 0.6) is 0 Å². The highest BCUT2D eigenvalue weighted by molar-refractivity contribution is 6.45. The molecule has 30 heavy (non-hydrogen) atoms. The first-order valence-corrected chi connectivity index (χ1v) is 8.94. The SMILES string of the molecule is CNC(=O)/C(=N/OC)c1cc(CO/N=C(\C)c2cccc(C(F)(F)F)c2)ccc1C. The molecule has 2 rings (SSSR count). The third-order valence-corrected chi connectivity index (χ3v) is 4.22. The van der Waals surface area contributed by atoms with Gasteiger partial charge in [-0.2, -0.15) is 13.2 Å². The summed E-state index contributed by atoms with van der Waals surface area (Å²) in [6, 6.07) is 10.2. The molecule has 6 nitrogen and oxygen atoms in total. The number of carbonyl (C=O) groups excluding carboxylic acids is 1. The summed E-state index contributed by atoms with van der Waals surface area (Å²) >= 11 is 0. The molecule has 0 unspecified atom stereocenters. The van der Waals surface area contributed by atoms with Crippen LogP contribution >= 0.6 is 0 Å². The molecule has 0 saturated heterocycles. The van der Waals surface area contributed by atoms with Crippen molar-refractivity contribution in [2.45, 2.75) is 26.6 Å². The molecule has 1 amide bonds. The molecule has 160 valence electrons. The van der Waals surface area contributed by atoms with Crippen molar-refractivity contribution >= 4 is 17.3 Å². The van der Waals surface area contributed by atoms with E-state index >= 15 is 0 Å². The minimum absolute atomic E-state index is 0.0532. The lowest BCUT2D eigenvalue weighted by molar-refractivity contribution is -0.137. The first-order valence-electron chi connectivity index (χ1n) is 8.94. The van der Waals surface area contributed by atoms with E-state index in [1.165, 1.54) is 26.3 Å². The third kappa shape index (κ3) is 5.82. The van der Waals surface area contributed by atoms with E-state index in [1.807, 2.05) is 6.92 Å². The second-order valence-corrected chi connectivity index (χ2v) is 6.38. The van der Waals surface area contributed by atoms with E-state index in [1.54, 1.807) is 25.1 Å². The number of likely N-dealkylation sites (N-methyl/N-ethyl adjacent to an activating group) is 1. The molecule has 0 aliphatic heterocycles. The number of rotatable bonds is 7. The van der Waals surface area contributed by atoms with Gasteiger partial charge in [-0.3, -0.25) is 4.79 Å². The van der Waals surface area contributed by atoms with E-state index in [4.69, 9.17) is 9.68 Å². The summed E-state index contributed by atoms with van der Waals surface area (Å²) in [5.41, 5.74) is 2.05. The van der Waals surface area contributed by atoms with Gasteiger partial charge in [0.15, 0.2) is 5.71 Å². The zero-order valence-electron chi connectivity index (χ0n) is 17.0. The van der Waals surface area contributed by atoms with Crippen molar-refractivity contribution < 1.29 is 27.6 Å². The van der Waals surface area contributed by atoms with Gasteiger partial charge < -0.3 is 15.0 Å². The number of carbonyl (C=O) groups is 1. The Labute approximate surface area is 172 Å². The van der Waals surface area contributed by atoms with Gasteiger partial charge in [0.1, 0.15) is 13.7 Å². The van der Waals surface area contributed by atoms with Crippen molar-refractivity contribution in [3.8, 4) is 0 Å². The van der Waals surface area contributed by atoms with Crippen molar-refractivity contribution in [2.75, 3.05) is 14.2 Å². The molecule has 1 N–H and O–H groups in total. The lowest BCUT2D eigenvalue weighted by atomic mass is 10.0. The highest BCUT2D eigenvalue weighted by atomic mass is 19.4. The molecule has 0 radical (unpaired) electrons. The number of oxime groups is 2. The highest BCUT2D eigenvalue weighted by Gasteiger charge is 2.30. The lowest BCUT2D eigenvalue weighted by Crippen LogP contribution is -2.29. The van der Waals surface area contributed by atoms with Gasteiger partial charge in [0, 0.05) is 12.6 Å². The van der Waals surface area contributed by atoms with Crippen LogP contribution in [0.15, 0.2) is 52.8 Å². The number of halogens is 3. The number of amides is 1. The summed E-state index contributed by atoms with van der Waals surface area (Å²) < 4.78 is 38.6. The van der Waals surface area contributed by atoms with Crippen LogP contribution in [-0.2, 0) is 27.3 Å². The van der Waals surface area contributed by atoms with Crippen molar-refractivity contribution in [1.82, 2.24) is 5.32 Å². The fraction of sp³-hybridized carbons (Fsp3) is 0.286. The molecule has 0 saturated carbocycles. The minimum Gasteiger partial charge on any atom is -0.398 e. The van der Waals surface area contributed by atoms with Crippen LogP contribution in [0.1, 0.15) is 34.7 Å². The summed E-state index contributed by atoms with van der Waals surface area (Å²) in [5, 5.41) is 10.2. The summed E-state index contributed by atoms with van der Waals surface area (Å²) in [6.07, 6.45) is -4.43. The lowest BCUT2D eigenvalue weighted by Gasteiger charge is -2.10. The summed E-state index contributed by atoms with van der Waals surface area (Å²) in [7, 11) is 2.83. The van der Waals surface area contributed by atoms with E-state index < -0.39 is 17.6 Å². The maximum Gasteiger partial charge on any atom is 0.416 e. The first kappa shape index (κ1) is 22.9. The van der Waals surface area contributed by atoms with Crippen molar-refractivity contribution in [1.29, 1.82) is 0 Å². The van der Waals surface area contributed by atoms with Gasteiger partial charge in [-0.05, 0) is 48.7 Å². The number of nitrogens with zero attached hydrogens (tertiary/aromatic N) is 2. The van der Waals surface area contributed by atoms with Crippen molar-refractivity contribution in [3.05, 3.63) is 70.3 Å². The Bertz CT molecular complexity index is 969. The van der Waals surface area contributed by atoms with Crippen LogP contribution in [0, 0.1) is 6.92 Å². The number of hydrogen-bond acceptors (Lipinski definition) is 5. The molecule has 2 aromatic rings. The maximum atomic E-state index is 12.9. The maximum absolute atomic E-state index is 12.9. The second kappa shape index (κ2) is 9.91. The van der Waals surface area contributed by atoms with Gasteiger partial charge >= 0.3 is 6.18 Å². The average Bonchev–Trinajstić information content (AvgIpc) is 2.72. The quantitative estimate of drug-likeness (QED) is 0.542. The van der Waals surface area contributed by atoms with Gasteiger partial charge in [-0.15, -0.1) is 0 Å². The topological polar surface area (TPSA) is 72.3 Å². The van der Waals surface area contributed by atoms with Gasteiger partial charge in [0.2, 0.25) is 0 Å². The van der Waals surface area contributed by atoms with E-state index in [-0.39, 0.29) is 12.3 Å². The Balaban J connectivity index is 2.18. The molecule has 0 spiro atoms. The van der Waals surface area contributed by atoms with Crippen LogP contribution in [0.25, 0.3) is 0 Å². The largest absolute Gasteiger partial charge is 0.416 e. The number of benzene rings is 2. The van der Waals surface area contributed by atoms with Crippen LogP contribution in [0.4, 0.5) is 13.2 Å². The van der Waals surface area contributed by atoms with E-state index in [2.05, 4.69) is 15.6 Å². The van der Waals surface area contributed by atoms with Crippen molar-refractivity contribution in [3.63, 3.8) is 0 Å². The van der Waals surface area contributed by atoms with E-state index in [9.17, 15) is 18.0 Å². The fourth-order valence-electron chi connectivity index (χ4n) is 2.61. The molecule has 9 heteroatoms. The van der Waals surface area contributed by atoms with Crippen LogP contribution in [0.3, 0.4) is 0 Å². The van der Waals surface area contributed by atoms with E-state index in [0.717, 1.165) is 17.7 Å².